The van der Waals surface area contributed by atoms with Gasteiger partial charge < -0.3 is 9.47 Å². The molecule has 152 valence electrons. The van der Waals surface area contributed by atoms with E-state index in [4.69, 9.17) is 21.1 Å². The fourth-order valence-electron chi connectivity index (χ4n) is 2.79. The molecule has 29 heavy (non-hydrogen) atoms. The number of hydrogen-bond acceptors (Lipinski definition) is 5. The maximum atomic E-state index is 14.1. The van der Waals surface area contributed by atoms with Crippen LogP contribution in [0.25, 0.3) is 6.08 Å². The van der Waals surface area contributed by atoms with E-state index in [0.29, 0.717) is 30.3 Å². The van der Waals surface area contributed by atoms with Gasteiger partial charge in [-0.05, 0) is 56.0 Å². The van der Waals surface area contributed by atoms with Crippen LogP contribution in [-0.4, -0.2) is 29.3 Å². The molecule has 0 aliphatic carbocycles. The summed E-state index contributed by atoms with van der Waals surface area (Å²) in [4.78, 5) is 26.4. The van der Waals surface area contributed by atoms with Crippen molar-refractivity contribution < 1.29 is 23.5 Å². The number of imide groups is 1. The summed E-state index contributed by atoms with van der Waals surface area (Å²) >= 11 is 6.82. The normalized spacial score (nSPS) is 15.3. The van der Waals surface area contributed by atoms with Crippen molar-refractivity contribution in [1.82, 2.24) is 4.90 Å². The fraction of sp³-hybridized carbons (Fsp3) is 0.238. The van der Waals surface area contributed by atoms with Gasteiger partial charge in [-0.2, -0.15) is 0 Å². The lowest BCUT2D eigenvalue weighted by molar-refractivity contribution is -0.123. The minimum absolute atomic E-state index is 0.105. The summed E-state index contributed by atoms with van der Waals surface area (Å²) in [6.07, 6.45) is 1.59. The van der Waals surface area contributed by atoms with E-state index >= 15 is 0 Å². The molecule has 1 fully saturated rings. The largest absolute Gasteiger partial charge is 0.494 e. The van der Waals surface area contributed by atoms with Gasteiger partial charge in [-0.15, -0.1) is 0 Å². The van der Waals surface area contributed by atoms with Crippen LogP contribution in [0.4, 0.5) is 9.18 Å². The van der Waals surface area contributed by atoms with Gasteiger partial charge in [0.2, 0.25) is 0 Å². The quantitative estimate of drug-likeness (QED) is 0.536. The van der Waals surface area contributed by atoms with Crippen LogP contribution in [0, 0.1) is 5.82 Å². The van der Waals surface area contributed by atoms with Gasteiger partial charge in [0, 0.05) is 22.2 Å². The SMILES string of the molecule is CCOc1ccc(C=C2SC(=O)N(Cc3c(F)cccc3Cl)C2=O)c(OCC)c1. The summed E-state index contributed by atoms with van der Waals surface area (Å²) in [5, 5.41) is -0.317. The van der Waals surface area contributed by atoms with E-state index in [0.717, 1.165) is 16.7 Å². The third-order valence-corrected chi connectivity index (χ3v) is 5.40. The van der Waals surface area contributed by atoms with Crippen molar-refractivity contribution in [2.24, 2.45) is 0 Å². The van der Waals surface area contributed by atoms with Crippen LogP contribution >= 0.6 is 23.4 Å². The molecule has 0 saturated carbocycles. The molecule has 5 nitrogen and oxygen atoms in total. The van der Waals surface area contributed by atoms with Gasteiger partial charge in [-0.25, -0.2) is 4.39 Å². The second-order valence-corrected chi connectivity index (χ2v) is 7.43. The summed E-state index contributed by atoms with van der Waals surface area (Å²) in [6.45, 7) is 4.45. The fourth-order valence-corrected chi connectivity index (χ4v) is 3.84. The Hall–Kier alpha value is -2.51. The molecule has 0 spiro atoms. The van der Waals surface area contributed by atoms with Crippen molar-refractivity contribution in [2.45, 2.75) is 20.4 Å². The molecule has 2 aromatic rings. The summed E-state index contributed by atoms with van der Waals surface area (Å²) in [7, 11) is 0. The van der Waals surface area contributed by atoms with Gasteiger partial charge >= 0.3 is 0 Å². The first-order valence-electron chi connectivity index (χ1n) is 9.02. The number of hydrogen-bond donors (Lipinski definition) is 0. The first kappa shape index (κ1) is 21.2. The zero-order valence-corrected chi connectivity index (χ0v) is 17.5. The molecule has 1 aliphatic rings. The molecule has 1 heterocycles. The second kappa shape index (κ2) is 9.33. The Bertz CT molecular complexity index is 959. The number of carbonyl (C=O) groups excluding carboxylic acids is 2. The molecule has 0 radical (unpaired) electrons. The molecule has 1 aliphatic heterocycles. The van der Waals surface area contributed by atoms with Crippen LogP contribution in [0.1, 0.15) is 25.0 Å². The van der Waals surface area contributed by atoms with Gasteiger partial charge in [0.25, 0.3) is 11.1 Å². The van der Waals surface area contributed by atoms with Gasteiger partial charge in [-0.3, -0.25) is 14.5 Å². The molecule has 1 saturated heterocycles. The molecule has 0 aromatic heterocycles. The minimum Gasteiger partial charge on any atom is -0.494 e. The predicted octanol–water partition coefficient (Wildman–Crippen LogP) is 5.51. The topological polar surface area (TPSA) is 55.8 Å². The Morgan fingerprint density at radius 3 is 2.59 bits per heavy atom. The molecular formula is C21H19ClFNO4S. The van der Waals surface area contributed by atoms with Crippen molar-refractivity contribution in [3.8, 4) is 11.5 Å². The summed E-state index contributed by atoms with van der Waals surface area (Å²) in [6, 6.07) is 9.49. The molecule has 0 bridgehead atoms. The van der Waals surface area contributed by atoms with Crippen LogP contribution in [0.3, 0.4) is 0 Å². The minimum atomic E-state index is -0.564. The van der Waals surface area contributed by atoms with Crippen molar-refractivity contribution in [3.63, 3.8) is 0 Å². The van der Waals surface area contributed by atoms with Gasteiger partial charge in [-0.1, -0.05) is 17.7 Å². The number of amides is 2. The van der Waals surface area contributed by atoms with E-state index in [1.54, 1.807) is 24.3 Å². The summed E-state index contributed by atoms with van der Waals surface area (Å²) in [5.74, 6) is 0.124. The summed E-state index contributed by atoms with van der Waals surface area (Å²) in [5.41, 5.74) is 0.749. The zero-order valence-electron chi connectivity index (χ0n) is 15.9. The van der Waals surface area contributed by atoms with E-state index in [1.807, 2.05) is 13.8 Å². The number of thioether (sulfide) groups is 1. The zero-order chi connectivity index (χ0) is 21.0. The highest BCUT2D eigenvalue weighted by Gasteiger charge is 2.36. The maximum absolute atomic E-state index is 14.1. The predicted molar refractivity (Wildman–Crippen MR) is 112 cm³/mol. The van der Waals surface area contributed by atoms with Crippen LogP contribution in [0.2, 0.25) is 5.02 Å². The van der Waals surface area contributed by atoms with E-state index in [1.165, 1.54) is 18.2 Å². The highest BCUT2D eigenvalue weighted by molar-refractivity contribution is 8.18. The Kier molecular flexibility index (Phi) is 6.82. The second-order valence-electron chi connectivity index (χ2n) is 6.03. The highest BCUT2D eigenvalue weighted by atomic mass is 35.5. The van der Waals surface area contributed by atoms with E-state index in [9.17, 15) is 14.0 Å². The van der Waals surface area contributed by atoms with E-state index in [2.05, 4.69) is 0 Å². The Morgan fingerprint density at radius 1 is 1.14 bits per heavy atom. The molecule has 0 N–H and O–H groups in total. The molecule has 3 rings (SSSR count). The molecule has 2 amide bonds. The average Bonchev–Trinajstić information content (AvgIpc) is 2.94. The molecule has 0 unspecified atom stereocenters. The van der Waals surface area contributed by atoms with Crippen molar-refractivity contribution in [1.29, 1.82) is 0 Å². The lowest BCUT2D eigenvalue weighted by Gasteiger charge is -2.14. The third kappa shape index (κ3) is 4.74. The van der Waals surface area contributed by atoms with Gasteiger partial charge in [0.1, 0.15) is 17.3 Å². The Labute approximate surface area is 177 Å². The molecule has 2 aromatic carbocycles. The van der Waals surface area contributed by atoms with Crippen molar-refractivity contribution >= 4 is 40.6 Å². The molecule has 0 atom stereocenters. The van der Waals surface area contributed by atoms with E-state index in [-0.39, 0.29) is 22.0 Å². The van der Waals surface area contributed by atoms with Crippen LogP contribution < -0.4 is 9.47 Å². The number of carbonyl (C=O) groups is 2. The van der Waals surface area contributed by atoms with Crippen molar-refractivity contribution in [2.75, 3.05) is 13.2 Å². The standard InChI is InChI=1S/C21H19ClFNO4S/c1-3-27-14-9-8-13(18(11-14)28-4-2)10-19-20(25)24(21(26)29-19)12-15-16(22)6-5-7-17(15)23/h5-11H,3-4,12H2,1-2H3. The molecular weight excluding hydrogens is 417 g/mol. The average molecular weight is 436 g/mol. The van der Waals surface area contributed by atoms with Gasteiger partial charge in [0.15, 0.2) is 0 Å². The number of rotatable bonds is 7. The van der Waals surface area contributed by atoms with Crippen LogP contribution in [0.5, 0.6) is 11.5 Å². The number of halogens is 2. The van der Waals surface area contributed by atoms with Crippen LogP contribution in [-0.2, 0) is 11.3 Å². The van der Waals surface area contributed by atoms with Crippen LogP contribution in [0.15, 0.2) is 41.3 Å². The maximum Gasteiger partial charge on any atom is 0.293 e. The monoisotopic (exact) mass is 435 g/mol. The summed E-state index contributed by atoms with van der Waals surface area (Å²) < 4.78 is 25.2. The number of ether oxygens (including phenoxy) is 2. The molecule has 8 heteroatoms. The Balaban J connectivity index is 1.88. The lowest BCUT2D eigenvalue weighted by atomic mass is 10.1. The number of benzene rings is 2. The highest BCUT2D eigenvalue weighted by Crippen LogP contribution is 2.36. The first-order valence-corrected chi connectivity index (χ1v) is 10.2. The number of nitrogens with zero attached hydrogens (tertiary/aromatic N) is 1. The first-order chi connectivity index (χ1) is 13.9. The third-order valence-electron chi connectivity index (χ3n) is 4.13. The lowest BCUT2D eigenvalue weighted by Crippen LogP contribution is -2.28. The Morgan fingerprint density at radius 2 is 1.90 bits per heavy atom. The van der Waals surface area contributed by atoms with E-state index < -0.39 is 17.0 Å². The van der Waals surface area contributed by atoms with Gasteiger partial charge in [0.05, 0.1) is 24.7 Å². The van der Waals surface area contributed by atoms with Crippen molar-refractivity contribution in [3.05, 3.63) is 63.3 Å². The smallest absolute Gasteiger partial charge is 0.293 e.